The molecule has 2 N–H and O–H groups in total. The Balaban J connectivity index is 1.80. The van der Waals surface area contributed by atoms with Crippen LogP contribution in [0, 0.1) is 10.1 Å². The lowest BCUT2D eigenvalue weighted by Crippen LogP contribution is -2.03. The highest BCUT2D eigenvalue weighted by Gasteiger charge is 2.24. The molecule has 0 unspecified atom stereocenters. The number of nitrogens with one attached hydrogen (secondary N) is 2. The Labute approximate surface area is 159 Å². The molecule has 0 radical (unpaired) electrons. The number of hydrogen-bond acceptors (Lipinski definition) is 4. The summed E-state index contributed by atoms with van der Waals surface area (Å²) in [6.07, 6.45) is 11.0. The molecular weight excluding hydrogens is 354 g/mol. The van der Waals surface area contributed by atoms with E-state index in [-0.39, 0.29) is 16.5 Å². The Hall–Kier alpha value is -4.00. The fourth-order valence-corrected chi connectivity index (χ4v) is 3.81. The van der Waals surface area contributed by atoms with E-state index in [1.807, 2.05) is 30.6 Å². The molecule has 0 fully saturated rings. The minimum atomic E-state index is -0.362. The van der Waals surface area contributed by atoms with E-state index in [2.05, 4.69) is 19.9 Å². The van der Waals surface area contributed by atoms with E-state index in [1.165, 1.54) is 6.07 Å². The first-order valence-electron chi connectivity index (χ1n) is 8.79. The fraction of sp³-hybridized carbons (Fsp3) is 0.0476. The summed E-state index contributed by atoms with van der Waals surface area (Å²) in [6.45, 7) is 0. The van der Waals surface area contributed by atoms with Gasteiger partial charge in [-0.25, -0.2) is 0 Å². The monoisotopic (exact) mass is 369 g/mol. The van der Waals surface area contributed by atoms with Crippen LogP contribution in [0.15, 0.2) is 73.6 Å². The molecule has 136 valence electrons. The van der Waals surface area contributed by atoms with E-state index < -0.39 is 0 Å². The zero-order valence-electron chi connectivity index (χ0n) is 14.7. The molecule has 0 aliphatic carbocycles. The summed E-state index contributed by atoms with van der Waals surface area (Å²) in [5.74, 6) is -0.188. The first-order chi connectivity index (χ1) is 13.7. The Morgan fingerprint density at radius 3 is 2.07 bits per heavy atom. The second-order valence-corrected chi connectivity index (χ2v) is 6.62. The normalized spacial score (nSPS) is 11.5. The lowest BCUT2D eigenvalue weighted by molar-refractivity contribution is -0.384. The summed E-state index contributed by atoms with van der Waals surface area (Å²) in [6, 6.07) is 10.7. The minimum Gasteiger partial charge on any atom is -0.360 e. The number of hydrogen-bond donors (Lipinski definition) is 2. The Kier molecular flexibility index (Phi) is 3.65. The standard InChI is InChI=1S/C21H15N5O2/c27-26(28)14-3-1-2-13(8-14)21(17-9-24-19-11-22-6-4-15(17)19)18-10-25-20-12-23-7-5-16(18)20/h1-12,21,24-25H. The smallest absolute Gasteiger partial charge is 0.269 e. The van der Waals surface area contributed by atoms with Crippen molar-refractivity contribution in [2.45, 2.75) is 5.92 Å². The SMILES string of the molecule is O=[N+]([O-])c1cccc(C(c2c[nH]c3cnccc23)c2c[nH]c3cnccc23)c1. The number of nitrogens with zero attached hydrogens (tertiary/aromatic N) is 3. The molecule has 0 bridgehead atoms. The molecule has 0 amide bonds. The highest BCUT2D eigenvalue weighted by molar-refractivity contribution is 5.88. The van der Waals surface area contributed by atoms with Crippen molar-refractivity contribution in [3.8, 4) is 0 Å². The van der Waals surface area contributed by atoms with Crippen LogP contribution in [-0.4, -0.2) is 24.9 Å². The molecule has 1 aromatic carbocycles. The van der Waals surface area contributed by atoms with Crippen LogP contribution < -0.4 is 0 Å². The number of rotatable bonds is 4. The molecule has 0 aliphatic rings. The molecule has 28 heavy (non-hydrogen) atoms. The molecule has 0 atom stereocenters. The van der Waals surface area contributed by atoms with Gasteiger partial charge in [-0.15, -0.1) is 0 Å². The maximum atomic E-state index is 11.4. The fourth-order valence-electron chi connectivity index (χ4n) is 3.81. The first kappa shape index (κ1) is 16.2. The number of nitro groups is 1. The number of nitro benzene ring substituents is 1. The van der Waals surface area contributed by atoms with E-state index in [0.717, 1.165) is 38.5 Å². The second kappa shape index (κ2) is 6.31. The van der Waals surface area contributed by atoms with Crippen molar-refractivity contribution in [2.24, 2.45) is 0 Å². The number of aromatic amines is 2. The van der Waals surface area contributed by atoms with Crippen LogP contribution in [0.25, 0.3) is 21.8 Å². The Bertz CT molecular complexity index is 1250. The van der Waals surface area contributed by atoms with Gasteiger partial charge >= 0.3 is 0 Å². The number of aromatic nitrogens is 4. The summed E-state index contributed by atoms with van der Waals surface area (Å²) in [7, 11) is 0. The minimum absolute atomic E-state index is 0.0746. The highest BCUT2D eigenvalue weighted by atomic mass is 16.6. The predicted molar refractivity (Wildman–Crippen MR) is 106 cm³/mol. The van der Waals surface area contributed by atoms with Crippen LogP contribution in [0.3, 0.4) is 0 Å². The predicted octanol–water partition coefficient (Wildman–Crippen LogP) is 4.53. The van der Waals surface area contributed by atoms with Gasteiger partial charge in [0.2, 0.25) is 0 Å². The van der Waals surface area contributed by atoms with Crippen molar-refractivity contribution in [3.05, 3.63) is 100 Å². The molecule has 5 aromatic rings. The highest BCUT2D eigenvalue weighted by Crippen LogP contribution is 2.39. The Morgan fingerprint density at radius 1 is 0.893 bits per heavy atom. The third kappa shape index (κ3) is 2.52. The molecule has 0 aliphatic heterocycles. The van der Waals surface area contributed by atoms with Gasteiger partial charge in [0.1, 0.15) is 0 Å². The summed E-state index contributed by atoms with van der Waals surface area (Å²) < 4.78 is 0. The van der Waals surface area contributed by atoms with Crippen molar-refractivity contribution >= 4 is 27.5 Å². The molecule has 0 saturated carbocycles. The quantitative estimate of drug-likeness (QED) is 0.359. The average molecular weight is 369 g/mol. The lowest BCUT2D eigenvalue weighted by atomic mass is 9.85. The van der Waals surface area contributed by atoms with E-state index in [4.69, 9.17) is 0 Å². The van der Waals surface area contributed by atoms with E-state index >= 15 is 0 Å². The van der Waals surface area contributed by atoms with Crippen LogP contribution in [0.5, 0.6) is 0 Å². The molecule has 4 heterocycles. The zero-order chi connectivity index (χ0) is 19.1. The van der Waals surface area contributed by atoms with Gasteiger partial charge in [0.05, 0.1) is 28.4 Å². The topological polar surface area (TPSA) is 100 Å². The van der Waals surface area contributed by atoms with Crippen LogP contribution >= 0.6 is 0 Å². The van der Waals surface area contributed by atoms with Crippen LogP contribution in [-0.2, 0) is 0 Å². The average Bonchev–Trinajstić information content (AvgIpc) is 3.34. The molecule has 0 spiro atoms. The lowest BCUT2D eigenvalue weighted by Gasteiger charge is -2.17. The first-order valence-corrected chi connectivity index (χ1v) is 8.79. The van der Waals surface area contributed by atoms with Crippen molar-refractivity contribution in [2.75, 3.05) is 0 Å². The molecule has 7 nitrogen and oxygen atoms in total. The summed E-state index contributed by atoms with van der Waals surface area (Å²) in [5, 5.41) is 13.4. The van der Waals surface area contributed by atoms with Crippen LogP contribution in [0.1, 0.15) is 22.6 Å². The maximum absolute atomic E-state index is 11.4. The summed E-state index contributed by atoms with van der Waals surface area (Å²) >= 11 is 0. The van der Waals surface area contributed by atoms with Crippen molar-refractivity contribution in [1.82, 2.24) is 19.9 Å². The van der Waals surface area contributed by atoms with Gasteiger partial charge < -0.3 is 9.97 Å². The van der Waals surface area contributed by atoms with Gasteiger partial charge in [-0.1, -0.05) is 12.1 Å². The summed E-state index contributed by atoms with van der Waals surface area (Å²) in [5.41, 5.74) is 4.85. The number of benzene rings is 1. The van der Waals surface area contributed by atoms with Crippen molar-refractivity contribution in [1.29, 1.82) is 0 Å². The number of non-ortho nitro benzene ring substituents is 1. The molecular formula is C21H15N5O2. The zero-order valence-corrected chi connectivity index (χ0v) is 14.7. The Morgan fingerprint density at radius 2 is 1.50 bits per heavy atom. The molecule has 5 rings (SSSR count). The van der Waals surface area contributed by atoms with Gasteiger partial charge in [0.25, 0.3) is 5.69 Å². The second-order valence-electron chi connectivity index (χ2n) is 6.62. The number of fused-ring (bicyclic) bond motifs is 2. The number of pyridine rings is 2. The molecule has 7 heteroatoms. The molecule has 4 aromatic heterocycles. The van der Waals surface area contributed by atoms with Crippen molar-refractivity contribution < 1.29 is 4.92 Å². The summed E-state index contributed by atoms with van der Waals surface area (Å²) in [4.78, 5) is 25.9. The largest absolute Gasteiger partial charge is 0.360 e. The van der Waals surface area contributed by atoms with Gasteiger partial charge in [-0.3, -0.25) is 20.1 Å². The third-order valence-electron chi connectivity index (χ3n) is 5.07. The van der Waals surface area contributed by atoms with Crippen LogP contribution in [0.2, 0.25) is 0 Å². The van der Waals surface area contributed by atoms with Gasteiger partial charge in [0.15, 0.2) is 0 Å². The van der Waals surface area contributed by atoms with Gasteiger partial charge in [-0.05, 0) is 28.8 Å². The van der Waals surface area contributed by atoms with Crippen LogP contribution in [0.4, 0.5) is 5.69 Å². The van der Waals surface area contributed by atoms with E-state index in [9.17, 15) is 10.1 Å². The third-order valence-corrected chi connectivity index (χ3v) is 5.07. The van der Waals surface area contributed by atoms with Gasteiger partial charge in [0, 0.05) is 53.6 Å². The molecule has 0 saturated heterocycles. The van der Waals surface area contributed by atoms with E-state index in [1.54, 1.807) is 36.9 Å². The number of H-pyrrole nitrogens is 2. The van der Waals surface area contributed by atoms with E-state index in [0.29, 0.717) is 0 Å². The maximum Gasteiger partial charge on any atom is 0.269 e. The van der Waals surface area contributed by atoms with Crippen molar-refractivity contribution in [3.63, 3.8) is 0 Å². The van der Waals surface area contributed by atoms with Gasteiger partial charge in [-0.2, -0.15) is 0 Å².